The third-order valence-corrected chi connectivity index (χ3v) is 4.53. The van der Waals surface area contributed by atoms with Gasteiger partial charge in [-0.3, -0.25) is 9.69 Å². The largest absolute Gasteiger partial charge is 0.480 e. The van der Waals surface area contributed by atoms with E-state index in [2.05, 4.69) is 35.9 Å². The van der Waals surface area contributed by atoms with Gasteiger partial charge in [0, 0.05) is 32.2 Å². The van der Waals surface area contributed by atoms with E-state index < -0.39 is 11.5 Å². The summed E-state index contributed by atoms with van der Waals surface area (Å²) in [6.07, 6.45) is 2.58. The Labute approximate surface area is 129 Å². The molecule has 0 bridgehead atoms. The Morgan fingerprint density at radius 1 is 1.29 bits per heavy atom. The second kappa shape index (κ2) is 8.71. The molecule has 1 aliphatic rings. The Morgan fingerprint density at radius 2 is 1.90 bits per heavy atom. The monoisotopic (exact) mass is 299 g/mol. The molecule has 124 valence electrons. The zero-order valence-corrected chi connectivity index (χ0v) is 14.2. The molecule has 21 heavy (non-hydrogen) atoms. The van der Waals surface area contributed by atoms with Crippen molar-refractivity contribution in [1.82, 2.24) is 15.1 Å². The lowest BCUT2D eigenvalue weighted by molar-refractivity contribution is -0.144. The maximum atomic E-state index is 11.4. The van der Waals surface area contributed by atoms with Gasteiger partial charge in [0.25, 0.3) is 0 Å². The second-order valence-corrected chi connectivity index (χ2v) is 6.64. The molecule has 1 rings (SSSR count). The molecule has 1 unspecified atom stereocenters. The highest BCUT2D eigenvalue weighted by molar-refractivity contribution is 5.78. The number of aliphatic carboxylic acids is 1. The Hall–Kier alpha value is -0.650. The average Bonchev–Trinajstić information content (AvgIpc) is 2.45. The van der Waals surface area contributed by atoms with Gasteiger partial charge in [-0.1, -0.05) is 6.92 Å². The summed E-state index contributed by atoms with van der Waals surface area (Å²) in [4.78, 5) is 16.4. The Morgan fingerprint density at radius 3 is 2.38 bits per heavy atom. The third-order valence-electron chi connectivity index (χ3n) is 4.53. The molecule has 0 spiro atoms. The Balaban J connectivity index is 2.30. The van der Waals surface area contributed by atoms with Crippen molar-refractivity contribution >= 4 is 5.97 Å². The smallest absolute Gasteiger partial charge is 0.323 e. The van der Waals surface area contributed by atoms with E-state index >= 15 is 0 Å². The maximum absolute atomic E-state index is 11.4. The number of carboxylic acid groups (broad SMARTS) is 1. The van der Waals surface area contributed by atoms with Gasteiger partial charge in [-0.2, -0.15) is 0 Å². The molecular weight excluding hydrogens is 266 g/mol. The van der Waals surface area contributed by atoms with E-state index in [1.165, 1.54) is 0 Å². The quantitative estimate of drug-likeness (QED) is 0.678. The molecule has 0 aliphatic carbocycles. The van der Waals surface area contributed by atoms with E-state index in [4.69, 9.17) is 0 Å². The van der Waals surface area contributed by atoms with E-state index in [1.807, 2.05) is 6.92 Å². The van der Waals surface area contributed by atoms with Crippen LogP contribution in [0.3, 0.4) is 0 Å². The van der Waals surface area contributed by atoms with Gasteiger partial charge in [0.05, 0.1) is 0 Å². The fourth-order valence-electron chi connectivity index (χ4n) is 2.83. The fourth-order valence-corrected chi connectivity index (χ4v) is 2.83. The first-order chi connectivity index (χ1) is 9.89. The van der Waals surface area contributed by atoms with Crippen molar-refractivity contribution in [2.45, 2.75) is 58.5 Å². The summed E-state index contributed by atoms with van der Waals surface area (Å²) < 4.78 is 0. The van der Waals surface area contributed by atoms with Crippen LogP contribution in [0.4, 0.5) is 0 Å². The summed E-state index contributed by atoms with van der Waals surface area (Å²) in [5.41, 5.74) is -0.782. The van der Waals surface area contributed by atoms with Crippen molar-refractivity contribution in [3.63, 3.8) is 0 Å². The van der Waals surface area contributed by atoms with E-state index in [0.29, 0.717) is 12.5 Å². The number of piperazine rings is 1. The van der Waals surface area contributed by atoms with E-state index in [9.17, 15) is 9.90 Å². The molecule has 0 aromatic carbocycles. The van der Waals surface area contributed by atoms with Crippen molar-refractivity contribution in [2.24, 2.45) is 0 Å². The summed E-state index contributed by atoms with van der Waals surface area (Å²) in [5, 5.41) is 12.6. The fraction of sp³-hybridized carbons (Fsp3) is 0.938. The van der Waals surface area contributed by atoms with Gasteiger partial charge in [-0.15, -0.1) is 0 Å². The summed E-state index contributed by atoms with van der Waals surface area (Å²) in [5.74, 6) is -0.736. The van der Waals surface area contributed by atoms with Gasteiger partial charge >= 0.3 is 5.97 Å². The predicted molar refractivity (Wildman–Crippen MR) is 86.7 cm³/mol. The molecule has 1 heterocycles. The van der Waals surface area contributed by atoms with Crippen LogP contribution in [0.1, 0.15) is 47.0 Å². The number of hydrogen-bond acceptors (Lipinski definition) is 4. The van der Waals surface area contributed by atoms with Gasteiger partial charge in [-0.05, 0) is 53.1 Å². The standard InChI is InChI=1S/C16H33N3O2/c1-5-8-17-16(4,15(20)21)7-6-9-18-10-12-19(13-11-18)14(2)3/h14,17H,5-13H2,1-4H3,(H,20,21). The second-order valence-electron chi connectivity index (χ2n) is 6.64. The van der Waals surface area contributed by atoms with Gasteiger partial charge in [0.2, 0.25) is 0 Å². The minimum absolute atomic E-state index is 0.626. The molecule has 1 saturated heterocycles. The molecule has 0 aromatic rings. The molecule has 1 fully saturated rings. The molecule has 5 nitrogen and oxygen atoms in total. The minimum atomic E-state index is -0.782. The number of nitrogens with one attached hydrogen (secondary N) is 1. The number of carbonyl (C=O) groups is 1. The first-order valence-electron chi connectivity index (χ1n) is 8.34. The van der Waals surface area contributed by atoms with Crippen molar-refractivity contribution in [3.05, 3.63) is 0 Å². The van der Waals surface area contributed by atoms with E-state index in [0.717, 1.165) is 52.1 Å². The maximum Gasteiger partial charge on any atom is 0.323 e. The highest BCUT2D eigenvalue weighted by Crippen LogP contribution is 2.14. The van der Waals surface area contributed by atoms with Gasteiger partial charge in [0.15, 0.2) is 0 Å². The van der Waals surface area contributed by atoms with Gasteiger partial charge in [0.1, 0.15) is 5.54 Å². The number of hydrogen-bond donors (Lipinski definition) is 2. The lowest BCUT2D eigenvalue weighted by atomic mass is 9.95. The third kappa shape index (κ3) is 5.93. The van der Waals surface area contributed by atoms with Crippen LogP contribution in [0.2, 0.25) is 0 Å². The Bertz CT molecular complexity index is 315. The van der Waals surface area contributed by atoms with Crippen LogP contribution in [-0.4, -0.2) is 71.7 Å². The lowest BCUT2D eigenvalue weighted by Crippen LogP contribution is -2.51. The first kappa shape index (κ1) is 18.4. The van der Waals surface area contributed by atoms with Crippen LogP contribution in [0.5, 0.6) is 0 Å². The summed E-state index contributed by atoms with van der Waals surface area (Å²) in [6, 6.07) is 0.626. The topological polar surface area (TPSA) is 55.8 Å². The molecule has 5 heteroatoms. The predicted octanol–water partition coefficient (Wildman–Crippen LogP) is 1.64. The van der Waals surface area contributed by atoms with Crippen LogP contribution < -0.4 is 5.32 Å². The first-order valence-corrected chi connectivity index (χ1v) is 8.34. The average molecular weight is 299 g/mol. The normalized spacial score (nSPS) is 20.6. The minimum Gasteiger partial charge on any atom is -0.480 e. The van der Waals surface area contributed by atoms with E-state index in [1.54, 1.807) is 0 Å². The van der Waals surface area contributed by atoms with Crippen LogP contribution in [0.15, 0.2) is 0 Å². The summed E-state index contributed by atoms with van der Waals surface area (Å²) >= 11 is 0. The highest BCUT2D eigenvalue weighted by Gasteiger charge is 2.31. The number of rotatable bonds is 9. The van der Waals surface area contributed by atoms with Crippen molar-refractivity contribution in [3.8, 4) is 0 Å². The van der Waals surface area contributed by atoms with Crippen molar-refractivity contribution in [1.29, 1.82) is 0 Å². The number of carboxylic acids is 1. The summed E-state index contributed by atoms with van der Waals surface area (Å²) in [7, 11) is 0. The van der Waals surface area contributed by atoms with Gasteiger partial charge < -0.3 is 15.3 Å². The summed E-state index contributed by atoms with van der Waals surface area (Å²) in [6.45, 7) is 14.6. The molecule has 0 aromatic heterocycles. The van der Waals surface area contributed by atoms with Crippen LogP contribution in [0.25, 0.3) is 0 Å². The lowest BCUT2D eigenvalue weighted by Gasteiger charge is -2.37. The zero-order chi connectivity index (χ0) is 15.9. The molecule has 2 N–H and O–H groups in total. The molecule has 0 radical (unpaired) electrons. The van der Waals surface area contributed by atoms with E-state index in [-0.39, 0.29) is 0 Å². The van der Waals surface area contributed by atoms with Crippen LogP contribution in [0, 0.1) is 0 Å². The van der Waals surface area contributed by atoms with Gasteiger partial charge in [-0.25, -0.2) is 0 Å². The molecule has 0 amide bonds. The van der Waals surface area contributed by atoms with Crippen molar-refractivity contribution < 1.29 is 9.90 Å². The Kier molecular flexibility index (Phi) is 7.63. The van der Waals surface area contributed by atoms with Crippen molar-refractivity contribution in [2.75, 3.05) is 39.3 Å². The SMILES string of the molecule is CCCNC(C)(CCCN1CCN(C(C)C)CC1)C(=O)O. The molecular formula is C16H33N3O2. The number of nitrogens with zero attached hydrogens (tertiary/aromatic N) is 2. The molecule has 1 aliphatic heterocycles. The van der Waals surface area contributed by atoms with Crippen LogP contribution in [-0.2, 0) is 4.79 Å². The zero-order valence-electron chi connectivity index (χ0n) is 14.2. The van der Waals surface area contributed by atoms with Crippen LogP contribution >= 0.6 is 0 Å². The highest BCUT2D eigenvalue weighted by atomic mass is 16.4. The molecule has 1 atom stereocenters. The molecule has 0 saturated carbocycles.